The number of allylic oxidation sites excluding steroid dienone is 3. The van der Waals surface area contributed by atoms with Crippen molar-refractivity contribution >= 4 is 6.21 Å². The van der Waals surface area contributed by atoms with Crippen LogP contribution in [0.3, 0.4) is 0 Å². The molecule has 2 heteroatoms. The van der Waals surface area contributed by atoms with E-state index in [9.17, 15) is 0 Å². The van der Waals surface area contributed by atoms with Gasteiger partial charge in [0.1, 0.15) is 0 Å². The van der Waals surface area contributed by atoms with E-state index < -0.39 is 0 Å². The first kappa shape index (κ1) is 8.78. The van der Waals surface area contributed by atoms with Crippen LogP contribution in [0.25, 0.3) is 0 Å². The first-order chi connectivity index (χ1) is 6.00. The fourth-order valence-corrected chi connectivity index (χ4v) is 0.848. The number of rotatable bonds is 0. The molecule has 12 heavy (non-hydrogen) atoms. The predicted molar refractivity (Wildman–Crippen MR) is 53.1 cm³/mol. The minimum Gasteiger partial charge on any atom is -0.387 e. The summed E-state index contributed by atoms with van der Waals surface area (Å²) in [5, 5.41) is 3.02. The smallest absolute Gasteiger partial charge is 0.0328 e. The van der Waals surface area contributed by atoms with Crippen molar-refractivity contribution in [2.45, 2.75) is 12.8 Å². The van der Waals surface area contributed by atoms with Crippen molar-refractivity contribution < 1.29 is 0 Å². The second-order valence-electron chi connectivity index (χ2n) is 2.49. The molecule has 0 radical (unpaired) electrons. The third-order valence-electron chi connectivity index (χ3n) is 1.46. The van der Waals surface area contributed by atoms with E-state index in [0.717, 1.165) is 13.0 Å². The molecule has 2 aliphatic rings. The quantitative estimate of drug-likeness (QED) is 0.579. The summed E-state index contributed by atoms with van der Waals surface area (Å²) < 4.78 is 0. The molecule has 2 rings (SSSR count). The molecule has 0 aliphatic carbocycles. The monoisotopic (exact) mass is 162 g/mol. The van der Waals surface area contributed by atoms with Crippen LogP contribution in [0.1, 0.15) is 12.8 Å². The standard InChI is InChI=1S/2C5H7N/c2*1-2-4-6-5-3-1/h2,4-5H,1,3H2;1-4,6H,5H2. The molecule has 0 unspecified atom stereocenters. The SMILES string of the molecule is C1=CCNC=C1.C1=CN=CCC1. The van der Waals surface area contributed by atoms with Crippen LogP contribution in [0, 0.1) is 0 Å². The maximum Gasteiger partial charge on any atom is 0.0328 e. The molecule has 2 nitrogen and oxygen atoms in total. The highest BCUT2D eigenvalue weighted by Crippen LogP contribution is 1.92. The third-order valence-corrected chi connectivity index (χ3v) is 1.46. The van der Waals surface area contributed by atoms with Crippen LogP contribution in [0.2, 0.25) is 0 Å². The molecule has 0 aromatic rings. The maximum atomic E-state index is 3.87. The van der Waals surface area contributed by atoms with Crippen molar-refractivity contribution in [3.63, 3.8) is 0 Å². The maximum absolute atomic E-state index is 3.87. The Hall–Kier alpha value is -1.31. The van der Waals surface area contributed by atoms with Crippen LogP contribution in [-0.4, -0.2) is 12.8 Å². The molecule has 1 N–H and O–H groups in total. The average Bonchev–Trinajstić information content (AvgIpc) is 2.24. The van der Waals surface area contributed by atoms with Crippen molar-refractivity contribution in [1.82, 2.24) is 5.32 Å². The van der Waals surface area contributed by atoms with Gasteiger partial charge in [0.15, 0.2) is 0 Å². The Morgan fingerprint density at radius 2 is 2.08 bits per heavy atom. The van der Waals surface area contributed by atoms with E-state index in [-0.39, 0.29) is 0 Å². The fraction of sp³-hybridized carbons (Fsp3) is 0.300. The van der Waals surface area contributed by atoms with Crippen molar-refractivity contribution in [3.8, 4) is 0 Å². The van der Waals surface area contributed by atoms with E-state index in [1.807, 2.05) is 30.8 Å². The van der Waals surface area contributed by atoms with E-state index in [4.69, 9.17) is 0 Å². The second kappa shape index (κ2) is 6.40. The van der Waals surface area contributed by atoms with Gasteiger partial charge in [-0.25, -0.2) is 0 Å². The van der Waals surface area contributed by atoms with E-state index in [0.29, 0.717) is 0 Å². The zero-order valence-electron chi connectivity index (χ0n) is 7.11. The van der Waals surface area contributed by atoms with Gasteiger partial charge in [0.25, 0.3) is 0 Å². The highest BCUT2D eigenvalue weighted by Gasteiger charge is 1.78. The zero-order chi connectivity index (χ0) is 8.49. The van der Waals surface area contributed by atoms with Crippen molar-refractivity contribution in [2.75, 3.05) is 6.54 Å². The van der Waals surface area contributed by atoms with E-state index in [1.165, 1.54) is 6.42 Å². The van der Waals surface area contributed by atoms with Crippen LogP contribution < -0.4 is 5.32 Å². The normalized spacial score (nSPS) is 18.0. The zero-order valence-corrected chi connectivity index (χ0v) is 7.11. The first-order valence-corrected chi connectivity index (χ1v) is 4.22. The van der Waals surface area contributed by atoms with E-state index >= 15 is 0 Å². The van der Waals surface area contributed by atoms with Gasteiger partial charge in [-0.05, 0) is 25.1 Å². The van der Waals surface area contributed by atoms with E-state index in [1.54, 1.807) is 0 Å². The van der Waals surface area contributed by atoms with Crippen molar-refractivity contribution in [1.29, 1.82) is 0 Å². The highest BCUT2D eigenvalue weighted by atomic mass is 14.8. The molecular formula is C10H14N2. The summed E-state index contributed by atoms with van der Waals surface area (Å²) in [6.07, 6.45) is 16.1. The molecule has 2 heterocycles. The number of dihydropyridines is 1. The molecule has 0 bridgehead atoms. The summed E-state index contributed by atoms with van der Waals surface area (Å²) in [5.74, 6) is 0. The molecule has 64 valence electrons. The predicted octanol–water partition coefficient (Wildman–Crippen LogP) is 2.02. The Kier molecular flexibility index (Phi) is 4.69. The molecule has 0 saturated heterocycles. The molecule has 0 aromatic carbocycles. The van der Waals surface area contributed by atoms with Gasteiger partial charge in [0.2, 0.25) is 0 Å². The highest BCUT2D eigenvalue weighted by molar-refractivity contribution is 5.59. The van der Waals surface area contributed by atoms with Gasteiger partial charge >= 0.3 is 0 Å². The second-order valence-corrected chi connectivity index (χ2v) is 2.49. The summed E-state index contributed by atoms with van der Waals surface area (Å²) in [7, 11) is 0. The largest absolute Gasteiger partial charge is 0.387 e. The van der Waals surface area contributed by atoms with Crippen LogP contribution in [0.4, 0.5) is 0 Å². The van der Waals surface area contributed by atoms with E-state index in [2.05, 4.69) is 22.5 Å². The lowest BCUT2D eigenvalue weighted by Crippen LogP contribution is -2.05. The minimum atomic E-state index is 0.983. The lowest BCUT2D eigenvalue weighted by molar-refractivity contribution is 0.972. The van der Waals surface area contributed by atoms with Crippen LogP contribution >= 0.6 is 0 Å². The molecule has 0 saturated carbocycles. The number of aliphatic imine (C=N–C) groups is 1. The summed E-state index contributed by atoms with van der Waals surface area (Å²) in [6.45, 7) is 0.983. The number of hydrogen-bond acceptors (Lipinski definition) is 2. The third kappa shape index (κ3) is 4.50. The van der Waals surface area contributed by atoms with Crippen molar-refractivity contribution in [2.24, 2.45) is 4.99 Å². The molecule has 0 atom stereocenters. The summed E-state index contributed by atoms with van der Waals surface area (Å²) >= 11 is 0. The Labute approximate surface area is 73.4 Å². The molecule has 0 spiro atoms. The molecule has 0 fully saturated rings. The summed E-state index contributed by atoms with van der Waals surface area (Å²) in [6, 6.07) is 0. The van der Waals surface area contributed by atoms with Gasteiger partial charge < -0.3 is 5.32 Å². The first-order valence-electron chi connectivity index (χ1n) is 4.22. The number of nitrogens with zero attached hydrogens (tertiary/aromatic N) is 1. The fourth-order valence-electron chi connectivity index (χ4n) is 0.848. The number of hydrogen-bond donors (Lipinski definition) is 1. The van der Waals surface area contributed by atoms with Crippen LogP contribution in [0.5, 0.6) is 0 Å². The van der Waals surface area contributed by atoms with Gasteiger partial charge in [-0.1, -0.05) is 18.2 Å². The van der Waals surface area contributed by atoms with Gasteiger partial charge in [-0.2, -0.15) is 0 Å². The van der Waals surface area contributed by atoms with Crippen LogP contribution in [0.15, 0.2) is 41.7 Å². The Bertz CT molecular complexity index is 164. The molecule has 0 amide bonds. The summed E-state index contributed by atoms with van der Waals surface area (Å²) in [5.41, 5.74) is 0. The van der Waals surface area contributed by atoms with Gasteiger partial charge in [-0.15, -0.1) is 0 Å². The van der Waals surface area contributed by atoms with Crippen LogP contribution in [-0.2, 0) is 0 Å². The van der Waals surface area contributed by atoms with Crippen molar-refractivity contribution in [3.05, 3.63) is 36.7 Å². The molecule has 0 aromatic heterocycles. The number of nitrogens with one attached hydrogen (secondary N) is 1. The Morgan fingerprint density at radius 3 is 2.25 bits per heavy atom. The lowest BCUT2D eigenvalue weighted by Gasteiger charge is -1.94. The molecular weight excluding hydrogens is 148 g/mol. The van der Waals surface area contributed by atoms with Gasteiger partial charge in [-0.3, -0.25) is 4.99 Å². The molecule has 2 aliphatic heterocycles. The average molecular weight is 162 g/mol. The lowest BCUT2D eigenvalue weighted by atomic mass is 10.3. The Balaban J connectivity index is 0.000000120. The topological polar surface area (TPSA) is 24.4 Å². The van der Waals surface area contributed by atoms with Gasteiger partial charge in [0, 0.05) is 19.0 Å². The Morgan fingerprint density at radius 1 is 1.08 bits per heavy atom. The minimum absolute atomic E-state index is 0.983. The summed E-state index contributed by atoms with van der Waals surface area (Å²) in [4.78, 5) is 3.87. The van der Waals surface area contributed by atoms with Gasteiger partial charge in [0.05, 0.1) is 0 Å².